The average Bonchev–Trinajstić information content (AvgIpc) is 2.84. The van der Waals surface area contributed by atoms with Crippen LogP contribution >= 0.6 is 0 Å². The van der Waals surface area contributed by atoms with Crippen molar-refractivity contribution in [3.63, 3.8) is 0 Å². The van der Waals surface area contributed by atoms with Crippen molar-refractivity contribution in [1.29, 1.82) is 0 Å². The molecular formula is C15H32N2O4S. The zero-order chi connectivity index (χ0) is 17.0. The number of rotatable bonds is 9. The van der Waals surface area contributed by atoms with Crippen molar-refractivity contribution >= 4 is 10.4 Å². The van der Waals surface area contributed by atoms with Crippen LogP contribution in [0.2, 0.25) is 0 Å². The predicted molar refractivity (Wildman–Crippen MR) is 89.6 cm³/mol. The van der Waals surface area contributed by atoms with E-state index >= 15 is 0 Å². The fourth-order valence-corrected chi connectivity index (χ4v) is 2.46. The molecule has 0 aromatic carbocycles. The third-order valence-corrected chi connectivity index (χ3v) is 3.97. The molecule has 22 heavy (non-hydrogen) atoms. The van der Waals surface area contributed by atoms with E-state index < -0.39 is 10.4 Å². The molecule has 1 heterocycles. The summed E-state index contributed by atoms with van der Waals surface area (Å²) in [7, 11) is -1.15. The Hall–Kier alpha value is -0.790. The second kappa shape index (κ2) is 11.7. The average molecular weight is 336 g/mol. The summed E-state index contributed by atoms with van der Waals surface area (Å²) in [4.78, 5) is 4.70. The van der Waals surface area contributed by atoms with E-state index in [1.165, 1.54) is 45.1 Å². The standard InChI is InChI=1S/C14H28N2.CH4O4S/c1-4-6-7-9-14(8-5-2)12-16-11-10-15(3)13-16;1-5-6(2,3)4/h10-11,14H,4-9,12-13H2,1-3H3;1H3,(H,2,3,4). The first-order chi connectivity index (χ1) is 10.3. The lowest BCUT2D eigenvalue weighted by atomic mass is 9.96. The third-order valence-electron chi connectivity index (χ3n) is 3.55. The van der Waals surface area contributed by atoms with Gasteiger partial charge in [-0.2, -0.15) is 8.42 Å². The first-order valence-corrected chi connectivity index (χ1v) is 9.34. The molecule has 0 amide bonds. The topological polar surface area (TPSA) is 70.1 Å². The van der Waals surface area contributed by atoms with E-state index in [0.29, 0.717) is 0 Å². The monoisotopic (exact) mass is 336 g/mol. The molecule has 1 N–H and O–H groups in total. The fourth-order valence-electron chi connectivity index (χ4n) is 2.46. The zero-order valence-electron chi connectivity index (χ0n) is 14.4. The second-order valence-electron chi connectivity index (χ2n) is 5.71. The summed E-state index contributed by atoms with van der Waals surface area (Å²) in [6.45, 7) is 6.91. The number of nitrogens with zero attached hydrogens (tertiary/aromatic N) is 2. The van der Waals surface area contributed by atoms with Gasteiger partial charge in [0.1, 0.15) is 0 Å². The van der Waals surface area contributed by atoms with Gasteiger partial charge in [0.15, 0.2) is 0 Å². The molecule has 0 aromatic rings. The van der Waals surface area contributed by atoms with E-state index in [1.807, 2.05) is 0 Å². The maximum Gasteiger partial charge on any atom is 0.397 e. The van der Waals surface area contributed by atoms with Gasteiger partial charge < -0.3 is 9.80 Å². The van der Waals surface area contributed by atoms with Crippen LogP contribution in [0, 0.1) is 5.92 Å². The maximum absolute atomic E-state index is 9.33. The molecule has 0 aromatic heterocycles. The Labute approximate surface area is 136 Å². The molecule has 0 radical (unpaired) electrons. The van der Waals surface area contributed by atoms with Gasteiger partial charge in [0, 0.05) is 26.0 Å². The van der Waals surface area contributed by atoms with Gasteiger partial charge in [-0.1, -0.05) is 39.5 Å². The molecule has 0 saturated heterocycles. The Bertz CT molecular complexity index is 398. The lowest BCUT2D eigenvalue weighted by molar-refractivity contribution is 0.241. The van der Waals surface area contributed by atoms with E-state index in [2.05, 4.69) is 47.3 Å². The second-order valence-corrected chi connectivity index (χ2v) is 6.90. The molecule has 0 spiro atoms. The van der Waals surface area contributed by atoms with E-state index in [4.69, 9.17) is 4.55 Å². The van der Waals surface area contributed by atoms with Crippen LogP contribution in [0.4, 0.5) is 0 Å². The highest BCUT2D eigenvalue weighted by Crippen LogP contribution is 2.18. The van der Waals surface area contributed by atoms with Crippen LogP contribution in [-0.4, -0.2) is 50.1 Å². The first kappa shape index (κ1) is 21.2. The minimum absolute atomic E-state index is 0.870. The first-order valence-electron chi connectivity index (χ1n) is 7.98. The number of hydrogen-bond acceptors (Lipinski definition) is 5. The zero-order valence-corrected chi connectivity index (χ0v) is 15.2. The van der Waals surface area contributed by atoms with Crippen LogP contribution in [0.1, 0.15) is 52.4 Å². The van der Waals surface area contributed by atoms with Gasteiger partial charge in [-0.25, -0.2) is 0 Å². The Morgan fingerprint density at radius 3 is 2.23 bits per heavy atom. The Kier molecular flexibility index (Phi) is 11.3. The van der Waals surface area contributed by atoms with E-state index in [-0.39, 0.29) is 0 Å². The molecule has 7 heteroatoms. The quantitative estimate of drug-likeness (QED) is 0.515. The molecule has 132 valence electrons. The molecule has 1 atom stereocenters. The predicted octanol–water partition coefficient (Wildman–Crippen LogP) is 3.09. The van der Waals surface area contributed by atoms with Gasteiger partial charge in [0.2, 0.25) is 0 Å². The summed E-state index contributed by atoms with van der Waals surface area (Å²) in [5.74, 6) is 0.896. The minimum atomic E-state index is -4.16. The van der Waals surface area contributed by atoms with Gasteiger partial charge in [-0.05, 0) is 18.8 Å². The van der Waals surface area contributed by atoms with Crippen molar-refractivity contribution < 1.29 is 17.2 Å². The van der Waals surface area contributed by atoms with Gasteiger partial charge in [-0.15, -0.1) is 0 Å². The van der Waals surface area contributed by atoms with Crippen molar-refractivity contribution in [1.82, 2.24) is 9.80 Å². The van der Waals surface area contributed by atoms with E-state index in [0.717, 1.165) is 19.7 Å². The molecule has 1 rings (SSSR count). The summed E-state index contributed by atoms with van der Waals surface area (Å²) < 4.78 is 29.7. The molecule has 0 aliphatic carbocycles. The molecule has 0 fully saturated rings. The van der Waals surface area contributed by atoms with Crippen molar-refractivity contribution in [2.24, 2.45) is 5.92 Å². The Morgan fingerprint density at radius 2 is 1.82 bits per heavy atom. The van der Waals surface area contributed by atoms with Crippen molar-refractivity contribution in [2.75, 3.05) is 27.4 Å². The highest BCUT2D eigenvalue weighted by Gasteiger charge is 2.14. The number of hydrogen-bond donors (Lipinski definition) is 1. The molecule has 6 nitrogen and oxygen atoms in total. The van der Waals surface area contributed by atoms with Crippen molar-refractivity contribution in [3.05, 3.63) is 12.4 Å². The van der Waals surface area contributed by atoms with Gasteiger partial charge in [-0.3, -0.25) is 8.74 Å². The molecular weight excluding hydrogens is 304 g/mol. The maximum atomic E-state index is 9.33. The smallest absolute Gasteiger partial charge is 0.362 e. The largest absolute Gasteiger partial charge is 0.397 e. The summed E-state index contributed by atoms with van der Waals surface area (Å²) in [6.07, 6.45) is 12.7. The molecule has 1 aliphatic rings. The van der Waals surface area contributed by atoms with Crippen LogP contribution in [0.5, 0.6) is 0 Å². The van der Waals surface area contributed by atoms with Crippen LogP contribution < -0.4 is 0 Å². The molecule has 0 saturated carbocycles. The lowest BCUT2D eigenvalue weighted by Gasteiger charge is -2.24. The SMILES string of the molecule is CCCCCC(CCC)CN1C=CN(C)C1.COS(=O)(=O)O. The van der Waals surface area contributed by atoms with Crippen molar-refractivity contribution in [2.45, 2.75) is 52.4 Å². The van der Waals surface area contributed by atoms with Crippen LogP contribution in [0.25, 0.3) is 0 Å². The Balaban J connectivity index is 0.000000626. The summed E-state index contributed by atoms with van der Waals surface area (Å²) in [5.41, 5.74) is 0. The Morgan fingerprint density at radius 1 is 1.18 bits per heavy atom. The normalized spacial score (nSPS) is 15.7. The van der Waals surface area contributed by atoms with Crippen molar-refractivity contribution in [3.8, 4) is 0 Å². The van der Waals surface area contributed by atoms with E-state index in [9.17, 15) is 8.42 Å². The molecule has 0 bridgehead atoms. The van der Waals surface area contributed by atoms with Gasteiger partial charge in [0.05, 0.1) is 13.8 Å². The lowest BCUT2D eigenvalue weighted by Crippen LogP contribution is -2.27. The van der Waals surface area contributed by atoms with Crippen LogP contribution in [0.15, 0.2) is 12.4 Å². The third kappa shape index (κ3) is 11.8. The van der Waals surface area contributed by atoms with Gasteiger partial charge >= 0.3 is 10.4 Å². The van der Waals surface area contributed by atoms with Gasteiger partial charge in [0.25, 0.3) is 0 Å². The summed E-state index contributed by atoms with van der Waals surface area (Å²) in [6, 6.07) is 0. The molecule has 1 unspecified atom stereocenters. The van der Waals surface area contributed by atoms with E-state index in [1.54, 1.807) is 0 Å². The summed E-state index contributed by atoms with van der Waals surface area (Å²) >= 11 is 0. The fraction of sp³-hybridized carbons (Fsp3) is 0.867. The number of unbranched alkanes of at least 4 members (excludes halogenated alkanes) is 2. The van der Waals surface area contributed by atoms with Crippen LogP contribution in [0.3, 0.4) is 0 Å². The molecule has 1 aliphatic heterocycles. The van der Waals surface area contributed by atoms with Crippen LogP contribution in [-0.2, 0) is 14.6 Å². The highest BCUT2D eigenvalue weighted by molar-refractivity contribution is 7.80. The summed E-state index contributed by atoms with van der Waals surface area (Å²) in [5, 5.41) is 0. The highest BCUT2D eigenvalue weighted by atomic mass is 32.3. The minimum Gasteiger partial charge on any atom is -0.362 e.